The summed E-state index contributed by atoms with van der Waals surface area (Å²) in [6.45, 7) is 1.99. The summed E-state index contributed by atoms with van der Waals surface area (Å²) in [6, 6.07) is 4.73. The Morgan fingerprint density at radius 1 is 1.39 bits per heavy atom. The highest BCUT2D eigenvalue weighted by Crippen LogP contribution is 2.22. The van der Waals surface area contributed by atoms with Gasteiger partial charge in [0, 0.05) is 23.7 Å². The van der Waals surface area contributed by atoms with Gasteiger partial charge in [0.1, 0.15) is 5.82 Å². The van der Waals surface area contributed by atoms with Crippen molar-refractivity contribution in [3.05, 3.63) is 29.6 Å². The summed E-state index contributed by atoms with van der Waals surface area (Å²) >= 11 is 0. The fraction of sp³-hybridized carbons (Fsp3) is 0.462. The molecule has 0 saturated carbocycles. The van der Waals surface area contributed by atoms with Crippen LogP contribution in [0.3, 0.4) is 0 Å². The Morgan fingerprint density at radius 2 is 2.06 bits per heavy atom. The number of carbonyl (C=O) groups is 1. The number of rotatable bonds is 3. The van der Waals surface area contributed by atoms with Crippen LogP contribution in [0.5, 0.6) is 0 Å². The fourth-order valence-electron chi connectivity index (χ4n) is 2.34. The number of piperidine rings is 1. The van der Waals surface area contributed by atoms with Crippen LogP contribution in [0.1, 0.15) is 18.4 Å². The molecule has 1 amide bonds. The molecule has 0 spiro atoms. The van der Waals surface area contributed by atoms with Gasteiger partial charge in [0.15, 0.2) is 0 Å². The molecule has 0 bridgehead atoms. The molecule has 1 aliphatic heterocycles. The second-order valence-corrected chi connectivity index (χ2v) is 4.76. The minimum absolute atomic E-state index is 0.0424. The summed E-state index contributed by atoms with van der Waals surface area (Å²) in [7, 11) is 0. The number of halogens is 1. The Labute approximate surface area is 106 Å². The Balaban J connectivity index is 1.98. The van der Waals surface area contributed by atoms with Crippen LogP contribution in [-0.2, 0) is 11.3 Å². The molecule has 0 radical (unpaired) electrons. The molecule has 1 aromatic carbocycles. The van der Waals surface area contributed by atoms with E-state index >= 15 is 0 Å². The monoisotopic (exact) mass is 251 g/mol. The zero-order valence-corrected chi connectivity index (χ0v) is 10.2. The van der Waals surface area contributed by atoms with E-state index in [2.05, 4.69) is 4.90 Å². The van der Waals surface area contributed by atoms with Gasteiger partial charge in [0.25, 0.3) is 0 Å². The average molecular weight is 251 g/mol. The molecule has 1 saturated heterocycles. The summed E-state index contributed by atoms with van der Waals surface area (Å²) in [5.74, 6) is -0.550. The van der Waals surface area contributed by atoms with Gasteiger partial charge < -0.3 is 11.5 Å². The molecule has 98 valence electrons. The summed E-state index contributed by atoms with van der Waals surface area (Å²) in [5.41, 5.74) is 12.1. The van der Waals surface area contributed by atoms with Crippen molar-refractivity contribution < 1.29 is 9.18 Å². The van der Waals surface area contributed by atoms with E-state index in [1.54, 1.807) is 12.1 Å². The molecule has 2 rings (SSSR count). The molecular weight excluding hydrogens is 233 g/mol. The van der Waals surface area contributed by atoms with Crippen LogP contribution in [0, 0.1) is 11.7 Å². The molecule has 1 heterocycles. The Bertz CT molecular complexity index is 422. The summed E-state index contributed by atoms with van der Waals surface area (Å²) in [4.78, 5) is 13.2. The highest BCUT2D eigenvalue weighted by Gasteiger charge is 2.23. The van der Waals surface area contributed by atoms with Crippen LogP contribution in [0.2, 0.25) is 0 Å². The third kappa shape index (κ3) is 2.79. The number of hydrogen-bond acceptors (Lipinski definition) is 3. The lowest BCUT2D eigenvalue weighted by atomic mass is 9.96. The van der Waals surface area contributed by atoms with Crippen LogP contribution in [0.25, 0.3) is 0 Å². The lowest BCUT2D eigenvalue weighted by Crippen LogP contribution is -2.38. The average Bonchev–Trinajstić information content (AvgIpc) is 2.34. The maximum atomic E-state index is 13.6. The maximum Gasteiger partial charge on any atom is 0.220 e. The first-order valence-electron chi connectivity index (χ1n) is 6.12. The summed E-state index contributed by atoms with van der Waals surface area (Å²) < 4.78 is 13.6. The topological polar surface area (TPSA) is 72.4 Å². The minimum atomic E-state index is -0.271. The van der Waals surface area contributed by atoms with E-state index in [0.29, 0.717) is 17.8 Å². The van der Waals surface area contributed by atoms with E-state index in [1.165, 1.54) is 6.07 Å². The van der Waals surface area contributed by atoms with Crippen LogP contribution < -0.4 is 11.5 Å². The van der Waals surface area contributed by atoms with E-state index in [0.717, 1.165) is 25.9 Å². The summed E-state index contributed by atoms with van der Waals surface area (Å²) in [6.07, 6.45) is 1.48. The molecular formula is C13H18FN3O. The minimum Gasteiger partial charge on any atom is -0.398 e. The highest BCUT2D eigenvalue weighted by atomic mass is 19.1. The molecule has 1 aliphatic rings. The highest BCUT2D eigenvalue weighted by molar-refractivity contribution is 5.76. The number of primary amides is 1. The van der Waals surface area contributed by atoms with Gasteiger partial charge in [-0.2, -0.15) is 0 Å². The van der Waals surface area contributed by atoms with E-state index in [4.69, 9.17) is 11.5 Å². The van der Waals surface area contributed by atoms with Gasteiger partial charge in [-0.05, 0) is 38.1 Å². The smallest absolute Gasteiger partial charge is 0.220 e. The summed E-state index contributed by atoms with van der Waals surface area (Å²) in [5, 5.41) is 0. The van der Waals surface area contributed by atoms with Crippen molar-refractivity contribution in [3.8, 4) is 0 Å². The maximum absolute atomic E-state index is 13.6. The number of hydrogen-bond donors (Lipinski definition) is 2. The molecule has 1 aromatic rings. The number of nitrogens with two attached hydrogens (primary N) is 2. The fourth-order valence-corrected chi connectivity index (χ4v) is 2.34. The zero-order valence-electron chi connectivity index (χ0n) is 10.2. The molecule has 0 aliphatic carbocycles. The molecule has 0 unspecified atom stereocenters. The van der Waals surface area contributed by atoms with Crippen LogP contribution >= 0.6 is 0 Å². The third-order valence-electron chi connectivity index (χ3n) is 3.53. The first-order valence-corrected chi connectivity index (χ1v) is 6.12. The second-order valence-electron chi connectivity index (χ2n) is 4.76. The van der Waals surface area contributed by atoms with Crippen LogP contribution in [0.4, 0.5) is 10.1 Å². The van der Waals surface area contributed by atoms with Crippen molar-refractivity contribution in [2.75, 3.05) is 18.8 Å². The molecule has 0 atom stereocenters. The molecule has 1 fully saturated rings. The lowest BCUT2D eigenvalue weighted by molar-refractivity contribution is -0.123. The van der Waals surface area contributed by atoms with E-state index in [9.17, 15) is 9.18 Å². The van der Waals surface area contributed by atoms with E-state index in [-0.39, 0.29) is 17.6 Å². The van der Waals surface area contributed by atoms with Crippen molar-refractivity contribution in [2.24, 2.45) is 11.7 Å². The van der Waals surface area contributed by atoms with Crippen molar-refractivity contribution in [3.63, 3.8) is 0 Å². The predicted octanol–water partition coefficient (Wildman–Crippen LogP) is 1.11. The Kier molecular flexibility index (Phi) is 3.81. The van der Waals surface area contributed by atoms with Gasteiger partial charge in [0.2, 0.25) is 5.91 Å². The number of likely N-dealkylation sites (tertiary alicyclic amines) is 1. The number of nitrogen functional groups attached to an aromatic ring is 1. The molecule has 5 heteroatoms. The standard InChI is InChI=1S/C13H18FN3O/c14-11-2-1-3-12(15)10(11)8-17-6-4-9(5-7-17)13(16)18/h1-3,9H,4-8,15H2,(H2,16,18). The first-order chi connectivity index (χ1) is 8.58. The van der Waals surface area contributed by atoms with Crippen molar-refractivity contribution >= 4 is 11.6 Å². The SMILES string of the molecule is NC(=O)C1CCN(Cc2c(N)cccc2F)CC1. The molecule has 4 N–H and O–H groups in total. The Morgan fingerprint density at radius 3 is 2.61 bits per heavy atom. The van der Waals surface area contributed by atoms with Gasteiger partial charge in [-0.25, -0.2) is 4.39 Å². The van der Waals surface area contributed by atoms with Gasteiger partial charge >= 0.3 is 0 Å². The van der Waals surface area contributed by atoms with Crippen molar-refractivity contribution in [1.29, 1.82) is 0 Å². The number of anilines is 1. The van der Waals surface area contributed by atoms with E-state index < -0.39 is 0 Å². The van der Waals surface area contributed by atoms with Crippen LogP contribution in [-0.4, -0.2) is 23.9 Å². The number of nitrogens with zero attached hydrogens (tertiary/aromatic N) is 1. The largest absolute Gasteiger partial charge is 0.398 e. The van der Waals surface area contributed by atoms with Gasteiger partial charge in [-0.1, -0.05) is 6.07 Å². The van der Waals surface area contributed by atoms with Crippen molar-refractivity contribution in [1.82, 2.24) is 4.90 Å². The first kappa shape index (κ1) is 12.8. The van der Waals surface area contributed by atoms with Gasteiger partial charge in [-0.3, -0.25) is 9.69 Å². The second kappa shape index (κ2) is 5.35. The molecule has 18 heavy (non-hydrogen) atoms. The Hall–Kier alpha value is -1.62. The quantitative estimate of drug-likeness (QED) is 0.790. The number of amides is 1. The number of carbonyl (C=O) groups excluding carboxylic acids is 1. The number of benzene rings is 1. The zero-order chi connectivity index (χ0) is 13.1. The third-order valence-corrected chi connectivity index (χ3v) is 3.53. The van der Waals surface area contributed by atoms with Gasteiger partial charge in [-0.15, -0.1) is 0 Å². The normalized spacial score (nSPS) is 17.8. The lowest BCUT2D eigenvalue weighted by Gasteiger charge is -2.30. The van der Waals surface area contributed by atoms with Crippen molar-refractivity contribution in [2.45, 2.75) is 19.4 Å². The predicted molar refractivity (Wildman–Crippen MR) is 68.0 cm³/mol. The van der Waals surface area contributed by atoms with E-state index in [1.807, 2.05) is 0 Å². The van der Waals surface area contributed by atoms with Crippen LogP contribution in [0.15, 0.2) is 18.2 Å². The molecule has 0 aromatic heterocycles. The van der Waals surface area contributed by atoms with Gasteiger partial charge in [0.05, 0.1) is 0 Å². The molecule has 4 nitrogen and oxygen atoms in total.